The largest absolute Gasteiger partial charge is 0.497 e. The van der Waals surface area contributed by atoms with Crippen LogP contribution in [0.25, 0.3) is 0 Å². The number of carbonyl (C=O) groups excluding carboxylic acids is 2. The van der Waals surface area contributed by atoms with Crippen LogP contribution in [-0.2, 0) is 20.8 Å². The quantitative estimate of drug-likeness (QED) is 0.589. The molecular formula is C28H41N3O5. The SMILES string of the molecule is COc1cccc(CN2CCC3(CC2)CN(C[C@H]2CC[C@H](C(=O)NCC4CCCO4)CC2)C(=O)O3)c1. The van der Waals surface area contributed by atoms with E-state index in [1.54, 1.807) is 7.11 Å². The number of carbonyl (C=O) groups is 2. The van der Waals surface area contributed by atoms with Crippen LogP contribution < -0.4 is 10.1 Å². The molecule has 36 heavy (non-hydrogen) atoms. The fraction of sp³-hybridized carbons (Fsp3) is 0.714. The number of amides is 2. The number of ether oxygens (including phenoxy) is 3. The third-order valence-corrected chi connectivity index (χ3v) is 8.57. The molecule has 1 N–H and O–H groups in total. The van der Waals surface area contributed by atoms with E-state index in [1.807, 2.05) is 17.0 Å². The van der Waals surface area contributed by atoms with Crippen molar-refractivity contribution < 1.29 is 23.8 Å². The van der Waals surface area contributed by atoms with Gasteiger partial charge in [0.15, 0.2) is 0 Å². The van der Waals surface area contributed by atoms with Crippen LogP contribution in [0.4, 0.5) is 4.79 Å². The van der Waals surface area contributed by atoms with E-state index < -0.39 is 0 Å². The molecule has 5 rings (SSSR count). The fourth-order valence-electron chi connectivity index (χ4n) is 6.32. The van der Waals surface area contributed by atoms with E-state index in [0.717, 1.165) is 89.9 Å². The van der Waals surface area contributed by atoms with Gasteiger partial charge in [0.25, 0.3) is 0 Å². The number of rotatable bonds is 8. The maximum absolute atomic E-state index is 12.7. The van der Waals surface area contributed by atoms with Gasteiger partial charge in [0.2, 0.25) is 5.91 Å². The second kappa shape index (κ2) is 11.4. The van der Waals surface area contributed by atoms with Gasteiger partial charge in [-0.15, -0.1) is 0 Å². The molecule has 1 aromatic rings. The molecule has 1 aliphatic carbocycles. The fourth-order valence-corrected chi connectivity index (χ4v) is 6.32. The topological polar surface area (TPSA) is 80.3 Å². The zero-order chi connectivity index (χ0) is 25.0. The minimum atomic E-state index is -0.346. The minimum absolute atomic E-state index is 0.0911. The third kappa shape index (κ3) is 6.14. The summed E-state index contributed by atoms with van der Waals surface area (Å²) in [5.41, 5.74) is 0.896. The summed E-state index contributed by atoms with van der Waals surface area (Å²) in [4.78, 5) is 29.7. The summed E-state index contributed by atoms with van der Waals surface area (Å²) in [6.45, 7) is 5.62. The molecule has 3 heterocycles. The number of hydrogen-bond acceptors (Lipinski definition) is 6. The molecule has 1 aromatic carbocycles. The molecule has 8 heteroatoms. The van der Waals surface area contributed by atoms with Gasteiger partial charge in [0.05, 0.1) is 19.8 Å². The van der Waals surface area contributed by atoms with Gasteiger partial charge in [-0.2, -0.15) is 0 Å². The molecule has 0 radical (unpaired) electrons. The highest BCUT2D eigenvalue weighted by molar-refractivity contribution is 5.78. The first-order valence-electron chi connectivity index (χ1n) is 13.7. The summed E-state index contributed by atoms with van der Waals surface area (Å²) >= 11 is 0. The van der Waals surface area contributed by atoms with Crippen LogP contribution in [-0.4, -0.2) is 79.9 Å². The van der Waals surface area contributed by atoms with Gasteiger partial charge in [-0.25, -0.2) is 4.79 Å². The number of benzene rings is 1. The number of methoxy groups -OCH3 is 1. The van der Waals surface area contributed by atoms with Crippen LogP contribution in [0.3, 0.4) is 0 Å². The lowest BCUT2D eigenvalue weighted by Crippen LogP contribution is -2.47. The lowest BCUT2D eigenvalue weighted by atomic mass is 9.81. The lowest BCUT2D eigenvalue weighted by Gasteiger charge is -2.37. The van der Waals surface area contributed by atoms with Crippen molar-refractivity contribution in [1.82, 2.24) is 15.1 Å². The molecule has 198 valence electrons. The molecular weight excluding hydrogens is 458 g/mol. The van der Waals surface area contributed by atoms with Crippen LogP contribution in [0.1, 0.15) is 56.9 Å². The van der Waals surface area contributed by atoms with Crippen LogP contribution >= 0.6 is 0 Å². The molecule has 3 saturated heterocycles. The maximum atomic E-state index is 12.7. The van der Waals surface area contributed by atoms with Crippen molar-refractivity contribution in [2.45, 2.75) is 69.6 Å². The molecule has 0 aromatic heterocycles. The Morgan fingerprint density at radius 1 is 1.17 bits per heavy atom. The zero-order valence-electron chi connectivity index (χ0n) is 21.6. The molecule has 2 amide bonds. The van der Waals surface area contributed by atoms with E-state index >= 15 is 0 Å². The zero-order valence-corrected chi connectivity index (χ0v) is 21.6. The van der Waals surface area contributed by atoms with Crippen molar-refractivity contribution in [3.63, 3.8) is 0 Å². The molecule has 1 spiro atoms. The Bertz CT molecular complexity index is 902. The number of hydrogen-bond donors (Lipinski definition) is 1. The van der Waals surface area contributed by atoms with Gasteiger partial charge in [0, 0.05) is 58.1 Å². The standard InChI is InChI=1S/C28H41N3O5/c1-34-24-5-2-4-22(16-24)18-30-13-11-28(12-14-30)20-31(27(33)36-28)19-21-7-9-23(10-8-21)26(32)29-17-25-6-3-15-35-25/h2,4-5,16,21,23,25H,3,6-15,17-20H2,1H3,(H,29,32)/t21-,23-,25?. The van der Waals surface area contributed by atoms with Gasteiger partial charge >= 0.3 is 6.09 Å². The molecule has 1 atom stereocenters. The monoisotopic (exact) mass is 499 g/mol. The minimum Gasteiger partial charge on any atom is -0.497 e. The Hall–Kier alpha value is -2.32. The summed E-state index contributed by atoms with van der Waals surface area (Å²) in [7, 11) is 1.69. The number of nitrogens with zero attached hydrogens (tertiary/aromatic N) is 2. The van der Waals surface area contributed by atoms with Gasteiger partial charge in [-0.3, -0.25) is 9.69 Å². The Labute approximate surface area is 214 Å². The highest BCUT2D eigenvalue weighted by Gasteiger charge is 2.47. The average molecular weight is 500 g/mol. The molecule has 4 fully saturated rings. The number of piperidine rings is 1. The summed E-state index contributed by atoms with van der Waals surface area (Å²) < 4.78 is 16.9. The average Bonchev–Trinajstić information content (AvgIpc) is 3.52. The Balaban J connectivity index is 1.04. The number of likely N-dealkylation sites (tertiary alicyclic amines) is 1. The molecule has 1 unspecified atom stereocenters. The van der Waals surface area contributed by atoms with E-state index in [9.17, 15) is 9.59 Å². The van der Waals surface area contributed by atoms with E-state index in [4.69, 9.17) is 14.2 Å². The van der Waals surface area contributed by atoms with E-state index in [-0.39, 0.29) is 29.6 Å². The van der Waals surface area contributed by atoms with Gasteiger partial charge in [-0.1, -0.05) is 12.1 Å². The third-order valence-electron chi connectivity index (χ3n) is 8.57. The summed E-state index contributed by atoms with van der Waals surface area (Å²) in [6.07, 6.45) is 7.68. The highest BCUT2D eigenvalue weighted by Crippen LogP contribution is 2.36. The van der Waals surface area contributed by atoms with Crippen LogP contribution in [0.2, 0.25) is 0 Å². The van der Waals surface area contributed by atoms with Crippen molar-refractivity contribution in [3.05, 3.63) is 29.8 Å². The summed E-state index contributed by atoms with van der Waals surface area (Å²) in [6, 6.07) is 8.22. The first-order chi connectivity index (χ1) is 17.5. The summed E-state index contributed by atoms with van der Waals surface area (Å²) in [5.74, 6) is 1.59. The Morgan fingerprint density at radius 2 is 1.97 bits per heavy atom. The van der Waals surface area contributed by atoms with Crippen LogP contribution in [0.5, 0.6) is 5.75 Å². The highest BCUT2D eigenvalue weighted by atomic mass is 16.6. The van der Waals surface area contributed by atoms with Gasteiger partial charge < -0.3 is 24.4 Å². The smallest absolute Gasteiger partial charge is 0.410 e. The van der Waals surface area contributed by atoms with E-state index in [1.165, 1.54) is 5.56 Å². The van der Waals surface area contributed by atoms with Crippen molar-refractivity contribution in [1.29, 1.82) is 0 Å². The molecule has 1 saturated carbocycles. The second-order valence-corrected chi connectivity index (χ2v) is 11.2. The van der Waals surface area contributed by atoms with Crippen molar-refractivity contribution >= 4 is 12.0 Å². The van der Waals surface area contributed by atoms with Gasteiger partial charge in [0.1, 0.15) is 11.4 Å². The van der Waals surface area contributed by atoms with Crippen molar-refractivity contribution in [2.24, 2.45) is 11.8 Å². The van der Waals surface area contributed by atoms with Crippen molar-refractivity contribution in [2.75, 3.05) is 46.4 Å². The summed E-state index contributed by atoms with van der Waals surface area (Å²) in [5, 5.41) is 3.09. The Kier molecular flexibility index (Phi) is 8.01. The first kappa shape index (κ1) is 25.3. The molecule has 3 aliphatic heterocycles. The predicted octanol–water partition coefficient (Wildman–Crippen LogP) is 3.58. The van der Waals surface area contributed by atoms with Crippen LogP contribution in [0, 0.1) is 11.8 Å². The molecule has 4 aliphatic rings. The van der Waals surface area contributed by atoms with E-state index in [0.29, 0.717) is 19.0 Å². The van der Waals surface area contributed by atoms with Crippen LogP contribution in [0.15, 0.2) is 24.3 Å². The Morgan fingerprint density at radius 3 is 2.69 bits per heavy atom. The number of nitrogens with one attached hydrogen (secondary N) is 1. The van der Waals surface area contributed by atoms with E-state index in [2.05, 4.69) is 22.3 Å². The normalized spacial score (nSPS) is 28.3. The van der Waals surface area contributed by atoms with Gasteiger partial charge in [-0.05, 0) is 62.1 Å². The first-order valence-corrected chi connectivity index (χ1v) is 13.7. The molecule has 0 bridgehead atoms. The predicted molar refractivity (Wildman–Crippen MR) is 136 cm³/mol. The second-order valence-electron chi connectivity index (χ2n) is 11.2. The van der Waals surface area contributed by atoms with Crippen molar-refractivity contribution in [3.8, 4) is 5.75 Å². The molecule has 8 nitrogen and oxygen atoms in total. The lowest BCUT2D eigenvalue weighted by molar-refractivity contribution is -0.126. The maximum Gasteiger partial charge on any atom is 0.410 e.